The first-order chi connectivity index (χ1) is 6.56. The predicted octanol–water partition coefficient (Wildman–Crippen LogP) is 1.65. The van der Waals surface area contributed by atoms with Crippen LogP contribution < -0.4 is 0 Å². The monoisotopic (exact) mass is 196 g/mol. The van der Waals surface area contributed by atoms with Gasteiger partial charge in [0, 0.05) is 11.8 Å². The van der Waals surface area contributed by atoms with Crippen LogP contribution >= 0.6 is 0 Å². The van der Waals surface area contributed by atoms with E-state index < -0.39 is 0 Å². The molecule has 3 aliphatic rings. The summed E-state index contributed by atoms with van der Waals surface area (Å²) in [7, 11) is 2.42. The minimum absolute atomic E-state index is 0.251. The van der Waals surface area contributed by atoms with Crippen molar-refractivity contribution in [3.05, 3.63) is 0 Å². The Balaban J connectivity index is 1.88. The number of hydrogen-bond acceptors (Lipinski definition) is 1. The molecule has 0 saturated carbocycles. The van der Waals surface area contributed by atoms with E-state index in [4.69, 9.17) is 4.74 Å². The number of nitrogens with zero attached hydrogens (tertiary/aromatic N) is 1. The van der Waals surface area contributed by atoms with Gasteiger partial charge in [0.2, 0.25) is 0 Å². The lowest BCUT2D eigenvalue weighted by Crippen LogP contribution is -2.44. The van der Waals surface area contributed by atoms with Crippen molar-refractivity contribution < 1.29 is 9.22 Å². The Morgan fingerprint density at radius 2 is 2.21 bits per heavy atom. The number of ether oxygens (including phenoxy) is 1. The van der Waals surface area contributed by atoms with E-state index in [0.717, 1.165) is 11.8 Å². The van der Waals surface area contributed by atoms with E-state index in [2.05, 4.69) is 20.9 Å². The predicted molar refractivity (Wildman–Crippen MR) is 56.0 cm³/mol. The second-order valence-corrected chi connectivity index (χ2v) is 6.08. The van der Waals surface area contributed by atoms with Crippen LogP contribution in [0.2, 0.25) is 0 Å². The maximum Gasteiger partial charge on any atom is 0.0847 e. The van der Waals surface area contributed by atoms with Gasteiger partial charge in [0.1, 0.15) is 0 Å². The summed E-state index contributed by atoms with van der Waals surface area (Å²) in [6, 6.07) is 0. The molecule has 0 aromatic rings. The topological polar surface area (TPSA) is 9.23 Å². The fourth-order valence-electron chi connectivity index (χ4n) is 4.07. The van der Waals surface area contributed by atoms with Crippen molar-refractivity contribution in [2.75, 3.05) is 26.7 Å². The highest BCUT2D eigenvalue weighted by Crippen LogP contribution is 2.55. The van der Waals surface area contributed by atoms with E-state index in [1.807, 2.05) is 0 Å². The summed E-state index contributed by atoms with van der Waals surface area (Å²) in [5.41, 5.74) is 0.251. The van der Waals surface area contributed by atoms with Crippen LogP contribution in [-0.2, 0) is 4.74 Å². The second kappa shape index (κ2) is 2.53. The van der Waals surface area contributed by atoms with Gasteiger partial charge in [-0.25, -0.2) is 0 Å². The molecule has 1 unspecified atom stereocenters. The highest BCUT2D eigenvalue weighted by Gasteiger charge is 2.63. The molecule has 0 N–H and O–H groups in total. The van der Waals surface area contributed by atoms with E-state index in [1.165, 1.54) is 37.0 Å². The minimum atomic E-state index is 0.251. The summed E-state index contributed by atoms with van der Waals surface area (Å²) in [5, 5.41) is 0. The Hall–Kier alpha value is -0.0800. The molecular formula is C12H22NO+. The smallest absolute Gasteiger partial charge is 0.0847 e. The van der Waals surface area contributed by atoms with Crippen LogP contribution in [0.1, 0.15) is 26.7 Å². The van der Waals surface area contributed by atoms with Crippen LogP contribution in [0.3, 0.4) is 0 Å². The summed E-state index contributed by atoms with van der Waals surface area (Å²) < 4.78 is 7.44. The van der Waals surface area contributed by atoms with Crippen LogP contribution in [0, 0.1) is 11.8 Å². The van der Waals surface area contributed by atoms with Gasteiger partial charge in [-0.2, -0.15) is 0 Å². The maximum absolute atomic E-state index is 6.15. The Labute approximate surface area is 86.8 Å². The molecule has 80 valence electrons. The molecular weight excluding hydrogens is 174 g/mol. The van der Waals surface area contributed by atoms with Crippen molar-refractivity contribution in [3.8, 4) is 0 Å². The van der Waals surface area contributed by atoms with E-state index in [1.54, 1.807) is 0 Å². The highest BCUT2D eigenvalue weighted by molar-refractivity contribution is 5.06. The van der Waals surface area contributed by atoms with Gasteiger partial charge in [0.15, 0.2) is 0 Å². The van der Waals surface area contributed by atoms with Crippen molar-refractivity contribution >= 4 is 0 Å². The number of quaternary nitrogens is 1. The molecule has 3 saturated heterocycles. The molecule has 3 rings (SSSR count). The SMILES string of the molecule is CC[N+]1(C)C[C@H]2[C@@H]3CC[C@](C)(O3)[C@@H]2C1. The van der Waals surface area contributed by atoms with E-state index in [9.17, 15) is 0 Å². The molecule has 0 spiro atoms. The molecule has 0 amide bonds. The summed E-state index contributed by atoms with van der Waals surface area (Å²) in [6.45, 7) is 8.68. The van der Waals surface area contributed by atoms with Gasteiger partial charge in [-0.1, -0.05) is 0 Å². The zero-order valence-electron chi connectivity index (χ0n) is 9.62. The standard InChI is InChI=1S/C12H22NO/c1-4-13(3)7-9-10(8-13)12(2)6-5-11(9)14-12/h9-11H,4-8H2,1-3H3/q+1/t9-,10-,11+,12+,13?/m1/s1. The van der Waals surface area contributed by atoms with Gasteiger partial charge in [-0.15, -0.1) is 0 Å². The first kappa shape index (κ1) is 9.17. The Morgan fingerprint density at radius 1 is 1.43 bits per heavy atom. The molecule has 2 heteroatoms. The van der Waals surface area contributed by atoms with Crippen molar-refractivity contribution in [3.63, 3.8) is 0 Å². The van der Waals surface area contributed by atoms with Gasteiger partial charge in [0.05, 0.1) is 38.4 Å². The van der Waals surface area contributed by atoms with Crippen LogP contribution in [-0.4, -0.2) is 42.9 Å². The first-order valence-electron chi connectivity index (χ1n) is 6.08. The molecule has 2 bridgehead atoms. The normalized spacial score (nSPS) is 60.6. The molecule has 3 fully saturated rings. The fourth-order valence-corrected chi connectivity index (χ4v) is 4.07. The number of hydrogen-bond donors (Lipinski definition) is 0. The van der Waals surface area contributed by atoms with Crippen molar-refractivity contribution in [2.45, 2.75) is 38.4 Å². The number of fused-ring (bicyclic) bond motifs is 5. The minimum Gasteiger partial charge on any atom is -0.371 e. The third-order valence-corrected chi connectivity index (χ3v) is 5.18. The van der Waals surface area contributed by atoms with E-state index in [0.29, 0.717) is 6.10 Å². The summed E-state index contributed by atoms with van der Waals surface area (Å²) in [4.78, 5) is 0. The third kappa shape index (κ3) is 0.989. The Kier molecular flexibility index (Phi) is 1.66. The van der Waals surface area contributed by atoms with Crippen LogP contribution in [0.5, 0.6) is 0 Å². The zero-order chi connectivity index (χ0) is 9.97. The van der Waals surface area contributed by atoms with Gasteiger partial charge in [-0.05, 0) is 26.7 Å². The molecule has 0 aromatic heterocycles. The average Bonchev–Trinajstić information content (AvgIpc) is 2.74. The summed E-state index contributed by atoms with van der Waals surface area (Å²) in [6.07, 6.45) is 3.24. The molecule has 5 atom stereocenters. The Bertz CT molecular complexity index is 267. The van der Waals surface area contributed by atoms with Crippen molar-refractivity contribution in [1.82, 2.24) is 0 Å². The van der Waals surface area contributed by atoms with E-state index in [-0.39, 0.29) is 5.60 Å². The van der Waals surface area contributed by atoms with Crippen molar-refractivity contribution in [1.29, 1.82) is 0 Å². The van der Waals surface area contributed by atoms with E-state index >= 15 is 0 Å². The molecule has 0 aromatic carbocycles. The van der Waals surface area contributed by atoms with Gasteiger partial charge < -0.3 is 9.22 Å². The average molecular weight is 196 g/mol. The quantitative estimate of drug-likeness (QED) is 0.579. The molecule has 3 heterocycles. The van der Waals surface area contributed by atoms with Crippen LogP contribution in [0.15, 0.2) is 0 Å². The molecule has 3 aliphatic heterocycles. The molecule has 0 aliphatic carbocycles. The van der Waals surface area contributed by atoms with Crippen molar-refractivity contribution in [2.24, 2.45) is 11.8 Å². The fraction of sp³-hybridized carbons (Fsp3) is 1.00. The Morgan fingerprint density at radius 3 is 2.86 bits per heavy atom. The van der Waals surface area contributed by atoms with Gasteiger partial charge in [0.25, 0.3) is 0 Å². The summed E-state index contributed by atoms with van der Waals surface area (Å²) in [5.74, 6) is 1.73. The van der Waals surface area contributed by atoms with Gasteiger partial charge in [-0.3, -0.25) is 0 Å². The second-order valence-electron chi connectivity index (χ2n) is 6.08. The maximum atomic E-state index is 6.15. The number of likely N-dealkylation sites (tertiary alicyclic amines) is 1. The van der Waals surface area contributed by atoms with Crippen LogP contribution in [0.4, 0.5) is 0 Å². The van der Waals surface area contributed by atoms with Crippen LogP contribution in [0.25, 0.3) is 0 Å². The lowest BCUT2D eigenvalue weighted by atomic mass is 9.75. The highest BCUT2D eigenvalue weighted by atomic mass is 16.5. The lowest BCUT2D eigenvalue weighted by Gasteiger charge is -2.32. The molecule has 14 heavy (non-hydrogen) atoms. The third-order valence-electron chi connectivity index (χ3n) is 5.18. The van der Waals surface area contributed by atoms with Gasteiger partial charge >= 0.3 is 0 Å². The first-order valence-corrected chi connectivity index (χ1v) is 6.08. The lowest BCUT2D eigenvalue weighted by molar-refractivity contribution is -0.899. The zero-order valence-corrected chi connectivity index (χ0v) is 9.62. The number of rotatable bonds is 1. The summed E-state index contributed by atoms with van der Waals surface area (Å²) >= 11 is 0. The molecule has 2 nitrogen and oxygen atoms in total. The largest absolute Gasteiger partial charge is 0.371 e. The molecule has 0 radical (unpaired) electrons.